The number of benzene rings is 2. The van der Waals surface area contributed by atoms with Gasteiger partial charge in [0.2, 0.25) is 0 Å². The van der Waals surface area contributed by atoms with E-state index in [1.807, 2.05) is 16.7 Å². The number of piperazine rings is 1. The third-order valence-electron chi connectivity index (χ3n) is 7.05. The van der Waals surface area contributed by atoms with Crippen molar-refractivity contribution in [2.45, 2.75) is 44.7 Å². The van der Waals surface area contributed by atoms with Crippen molar-refractivity contribution < 1.29 is 4.39 Å². The summed E-state index contributed by atoms with van der Waals surface area (Å²) < 4.78 is 15.3. The minimum absolute atomic E-state index is 0.178. The van der Waals surface area contributed by atoms with Crippen LogP contribution < -0.4 is 5.32 Å². The molecule has 1 saturated heterocycles. The first-order valence-electron chi connectivity index (χ1n) is 11.8. The highest BCUT2D eigenvalue weighted by Crippen LogP contribution is 2.35. The second-order valence-corrected chi connectivity index (χ2v) is 9.05. The van der Waals surface area contributed by atoms with Crippen molar-refractivity contribution in [1.82, 2.24) is 30.0 Å². The van der Waals surface area contributed by atoms with Crippen LogP contribution in [0.1, 0.15) is 37.3 Å². The molecule has 0 bridgehead atoms. The summed E-state index contributed by atoms with van der Waals surface area (Å²) in [6.07, 6.45) is 7.62. The summed E-state index contributed by atoms with van der Waals surface area (Å²) in [5.74, 6) is 0.209. The fraction of sp³-hybridized carbons (Fsp3) is 0.385. The van der Waals surface area contributed by atoms with Crippen molar-refractivity contribution in [3.63, 3.8) is 0 Å². The molecule has 2 N–H and O–H groups in total. The van der Waals surface area contributed by atoms with Crippen LogP contribution >= 0.6 is 0 Å². The summed E-state index contributed by atoms with van der Waals surface area (Å²) >= 11 is 0. The first-order valence-corrected chi connectivity index (χ1v) is 11.8. The molecule has 1 aliphatic heterocycles. The Balaban J connectivity index is 1.44. The highest BCUT2D eigenvalue weighted by Gasteiger charge is 2.33. The summed E-state index contributed by atoms with van der Waals surface area (Å²) in [5.41, 5.74) is 4.75. The van der Waals surface area contributed by atoms with Crippen molar-refractivity contribution >= 4 is 10.9 Å². The van der Waals surface area contributed by atoms with Crippen molar-refractivity contribution in [2.75, 3.05) is 19.6 Å². The fourth-order valence-electron chi connectivity index (χ4n) is 5.37. The van der Waals surface area contributed by atoms with Gasteiger partial charge in [-0.1, -0.05) is 19.1 Å². The summed E-state index contributed by atoms with van der Waals surface area (Å²) in [7, 11) is 0. The molecule has 0 radical (unpaired) electrons. The lowest BCUT2D eigenvalue weighted by atomic mass is 9.85. The van der Waals surface area contributed by atoms with Crippen molar-refractivity contribution in [3.05, 3.63) is 78.3 Å². The molecule has 7 heteroatoms. The molecule has 172 valence electrons. The molecule has 0 aliphatic carbocycles. The van der Waals surface area contributed by atoms with E-state index < -0.39 is 0 Å². The van der Waals surface area contributed by atoms with Gasteiger partial charge in [0.25, 0.3) is 0 Å². The maximum Gasteiger partial charge on any atom is 0.123 e. The van der Waals surface area contributed by atoms with Gasteiger partial charge in [0.05, 0.1) is 0 Å². The molecule has 3 unspecified atom stereocenters. The van der Waals surface area contributed by atoms with Gasteiger partial charge in [-0.15, -0.1) is 10.2 Å². The molecular formula is C26H31FN6. The maximum absolute atomic E-state index is 13.4. The largest absolute Gasteiger partial charge is 0.361 e. The Kier molecular flexibility index (Phi) is 6.24. The van der Waals surface area contributed by atoms with Crippen molar-refractivity contribution in [2.24, 2.45) is 0 Å². The average molecular weight is 447 g/mol. The van der Waals surface area contributed by atoms with Crippen molar-refractivity contribution in [1.29, 1.82) is 0 Å². The standard InChI is InChI=1S/C26H31FN6/c1-3-22(24-14-29-25-9-8-21(13-23(24)25)32-16-30-31-17-32)26-15-28-10-11-33(26)18(2)12-19-4-6-20(27)7-5-19/h4-9,13-14,16-18,22,26,28-29H,3,10-12,15H2,1-2H3. The van der Waals surface area contributed by atoms with Gasteiger partial charge in [0, 0.05) is 60.4 Å². The van der Waals surface area contributed by atoms with Crippen LogP contribution in [0.4, 0.5) is 4.39 Å². The number of nitrogens with one attached hydrogen (secondary N) is 2. The Labute approximate surface area is 193 Å². The summed E-state index contributed by atoms with van der Waals surface area (Å²) in [4.78, 5) is 6.14. The monoisotopic (exact) mass is 446 g/mol. The molecule has 1 aliphatic rings. The van der Waals surface area contributed by atoms with Gasteiger partial charge in [0.1, 0.15) is 18.5 Å². The van der Waals surface area contributed by atoms with Crippen LogP contribution in [0.5, 0.6) is 0 Å². The lowest BCUT2D eigenvalue weighted by Crippen LogP contribution is -2.57. The summed E-state index contributed by atoms with van der Waals surface area (Å²) in [5, 5.41) is 12.8. The number of fused-ring (bicyclic) bond motifs is 1. The molecule has 4 aromatic rings. The van der Waals surface area contributed by atoms with E-state index in [4.69, 9.17) is 0 Å². The molecule has 33 heavy (non-hydrogen) atoms. The number of aromatic amines is 1. The molecular weight excluding hydrogens is 415 g/mol. The SMILES string of the molecule is CCC(c1c[nH]c2ccc(-n3cnnc3)cc12)C1CNCCN1C(C)Cc1ccc(F)cc1. The van der Waals surface area contributed by atoms with Gasteiger partial charge in [-0.25, -0.2) is 4.39 Å². The Morgan fingerprint density at radius 2 is 1.91 bits per heavy atom. The van der Waals surface area contributed by atoms with Gasteiger partial charge in [-0.2, -0.15) is 0 Å². The first kappa shape index (κ1) is 21.8. The van der Waals surface area contributed by atoms with Gasteiger partial charge >= 0.3 is 0 Å². The van der Waals surface area contributed by atoms with Crippen LogP contribution in [0.25, 0.3) is 16.6 Å². The smallest absolute Gasteiger partial charge is 0.123 e. The van der Waals surface area contributed by atoms with Crippen LogP contribution in [0, 0.1) is 5.82 Å². The van der Waals surface area contributed by atoms with E-state index >= 15 is 0 Å². The lowest BCUT2D eigenvalue weighted by Gasteiger charge is -2.44. The molecule has 0 amide bonds. The highest BCUT2D eigenvalue weighted by molar-refractivity contribution is 5.85. The van der Waals surface area contributed by atoms with Crippen LogP contribution in [-0.4, -0.2) is 56.4 Å². The quantitative estimate of drug-likeness (QED) is 0.445. The zero-order chi connectivity index (χ0) is 22.8. The Morgan fingerprint density at radius 3 is 2.67 bits per heavy atom. The average Bonchev–Trinajstić information content (AvgIpc) is 3.52. The number of halogens is 1. The van der Waals surface area contributed by atoms with E-state index in [-0.39, 0.29) is 5.82 Å². The third kappa shape index (κ3) is 4.43. The summed E-state index contributed by atoms with van der Waals surface area (Å²) in [6, 6.07) is 14.2. The predicted molar refractivity (Wildman–Crippen MR) is 129 cm³/mol. The van der Waals surface area contributed by atoms with Gasteiger partial charge in [0.15, 0.2) is 0 Å². The normalized spacial score (nSPS) is 19.1. The number of hydrogen-bond donors (Lipinski definition) is 2. The van der Waals surface area contributed by atoms with Gasteiger partial charge < -0.3 is 10.3 Å². The third-order valence-corrected chi connectivity index (χ3v) is 7.05. The molecule has 2 aromatic heterocycles. The highest BCUT2D eigenvalue weighted by atomic mass is 19.1. The van der Waals surface area contributed by atoms with Crippen LogP contribution in [0.3, 0.4) is 0 Å². The predicted octanol–water partition coefficient (Wildman–Crippen LogP) is 4.29. The van der Waals surface area contributed by atoms with E-state index in [0.29, 0.717) is 18.0 Å². The van der Waals surface area contributed by atoms with Crippen LogP contribution in [-0.2, 0) is 6.42 Å². The molecule has 3 heterocycles. The van der Waals surface area contributed by atoms with Gasteiger partial charge in [-0.3, -0.25) is 9.47 Å². The minimum atomic E-state index is -0.178. The fourth-order valence-corrected chi connectivity index (χ4v) is 5.37. The van der Waals surface area contributed by atoms with E-state index in [9.17, 15) is 4.39 Å². The van der Waals surface area contributed by atoms with Crippen LogP contribution in [0.2, 0.25) is 0 Å². The van der Waals surface area contributed by atoms with Crippen molar-refractivity contribution in [3.8, 4) is 5.69 Å². The second-order valence-electron chi connectivity index (χ2n) is 9.05. The molecule has 0 spiro atoms. The maximum atomic E-state index is 13.4. The zero-order valence-corrected chi connectivity index (χ0v) is 19.2. The molecule has 6 nitrogen and oxygen atoms in total. The zero-order valence-electron chi connectivity index (χ0n) is 19.2. The topological polar surface area (TPSA) is 61.8 Å². The molecule has 5 rings (SSSR count). The first-order chi connectivity index (χ1) is 16.1. The van der Waals surface area contributed by atoms with Crippen LogP contribution in [0.15, 0.2) is 61.3 Å². The number of hydrogen-bond acceptors (Lipinski definition) is 4. The number of nitrogens with zero attached hydrogens (tertiary/aromatic N) is 4. The minimum Gasteiger partial charge on any atom is -0.361 e. The van der Waals surface area contributed by atoms with Gasteiger partial charge in [-0.05, 0) is 61.2 Å². The van der Waals surface area contributed by atoms with E-state index in [1.54, 1.807) is 24.8 Å². The summed E-state index contributed by atoms with van der Waals surface area (Å²) in [6.45, 7) is 7.55. The van der Waals surface area contributed by atoms with E-state index in [1.165, 1.54) is 16.5 Å². The molecule has 2 aromatic carbocycles. The Bertz CT molecular complexity index is 1180. The van der Waals surface area contributed by atoms with E-state index in [2.05, 4.69) is 63.6 Å². The second kappa shape index (κ2) is 9.45. The number of H-pyrrole nitrogens is 1. The molecule has 0 saturated carbocycles. The Morgan fingerprint density at radius 1 is 1.12 bits per heavy atom. The molecule has 1 fully saturated rings. The number of rotatable bonds is 7. The number of aromatic nitrogens is 4. The van der Waals surface area contributed by atoms with E-state index in [0.717, 1.165) is 43.7 Å². The molecule has 3 atom stereocenters. The Hall–Kier alpha value is -3.03. The lowest BCUT2D eigenvalue weighted by molar-refractivity contribution is 0.0943.